The minimum absolute atomic E-state index is 0. The molecule has 5 nitrogen and oxygen atoms in total. The Labute approximate surface area is 140 Å². The summed E-state index contributed by atoms with van der Waals surface area (Å²) in [6.45, 7) is 6.31. The fourth-order valence-corrected chi connectivity index (χ4v) is 1.14. The number of hydrogen-bond donors (Lipinski definition) is 0. The summed E-state index contributed by atoms with van der Waals surface area (Å²) in [5.74, 6) is 0. The van der Waals surface area contributed by atoms with Gasteiger partial charge in [0, 0.05) is 0 Å². The molecule has 0 saturated carbocycles. The van der Waals surface area contributed by atoms with Crippen LogP contribution >= 0.6 is 0 Å². The van der Waals surface area contributed by atoms with E-state index in [0.717, 1.165) is 13.1 Å². The summed E-state index contributed by atoms with van der Waals surface area (Å²) in [4.78, 5) is 2.27. The van der Waals surface area contributed by atoms with Crippen LogP contribution in [0.1, 0.15) is 13.8 Å². The quantitative estimate of drug-likeness (QED) is 0.589. The molecule has 0 aliphatic heterocycles. The van der Waals surface area contributed by atoms with E-state index in [2.05, 4.69) is 47.1 Å². The van der Waals surface area contributed by atoms with Gasteiger partial charge < -0.3 is 26.2 Å². The molecule has 0 bridgehead atoms. The average molecular weight is 438 g/mol. The van der Waals surface area contributed by atoms with Crippen LogP contribution in [-0.2, 0) is 25.8 Å². The van der Waals surface area contributed by atoms with Gasteiger partial charge in [-0.1, -0.05) is 13.8 Å². The second kappa shape index (κ2) is 23.7. The van der Waals surface area contributed by atoms with Gasteiger partial charge in [0.15, 0.2) is 0 Å². The van der Waals surface area contributed by atoms with Crippen LogP contribution in [0.3, 0.4) is 0 Å². The summed E-state index contributed by atoms with van der Waals surface area (Å²) >= 11 is 0. The Morgan fingerprint density at radius 3 is 1.11 bits per heavy atom. The molecule has 0 saturated heterocycles. The minimum Gasteiger partial charge on any atom is -0.668 e. The Morgan fingerprint density at radius 1 is 0.737 bits per heavy atom. The summed E-state index contributed by atoms with van der Waals surface area (Å²) in [7, 11) is 12.8. The Hall–Kier alpha value is 0.670. The molecular weight excluding hydrogens is 405 g/mol. The topological polar surface area (TPSA) is 59.6 Å². The average Bonchev–Trinajstić information content (AvgIpc) is 2.30. The van der Waals surface area contributed by atoms with Gasteiger partial charge in [0.05, 0.1) is 0 Å². The SMILES string of the molecule is C[N-]C.C[N-]C.C[N-]C(C)CN(C)CC(C)[N-]C.[Hf+4]. The summed E-state index contributed by atoms with van der Waals surface area (Å²) in [6, 6.07) is 0.859. The van der Waals surface area contributed by atoms with Crippen LogP contribution in [0.5, 0.6) is 0 Å². The number of likely N-dealkylation sites (N-methyl/N-ethyl adjacent to an activating group) is 3. The van der Waals surface area contributed by atoms with Crippen LogP contribution < -0.4 is 0 Å². The Morgan fingerprint density at radius 2 is 0.947 bits per heavy atom. The molecule has 0 aromatic rings. The van der Waals surface area contributed by atoms with Crippen molar-refractivity contribution in [2.24, 2.45) is 0 Å². The molecular formula is C13H33HfN5. The van der Waals surface area contributed by atoms with Crippen LogP contribution in [0, 0.1) is 0 Å². The van der Waals surface area contributed by atoms with E-state index >= 15 is 0 Å². The molecule has 114 valence electrons. The molecule has 2 unspecified atom stereocenters. The van der Waals surface area contributed by atoms with Gasteiger partial charge in [0.2, 0.25) is 0 Å². The molecule has 0 rings (SSSR count). The molecule has 0 aliphatic rings. The van der Waals surface area contributed by atoms with Crippen molar-refractivity contribution in [2.45, 2.75) is 25.9 Å². The standard InChI is InChI=1S/C9H21N3.2C2H6N.Hf/c1-8(10-3)6-12(5)7-9(2)11-4;2*1-3-2;/h8-9H,6-7H2,1-5H3;2*1-2H3;/q-2;2*-1;+4. The van der Waals surface area contributed by atoms with Gasteiger partial charge in [0.25, 0.3) is 0 Å². The van der Waals surface area contributed by atoms with Gasteiger partial charge in [-0.3, -0.25) is 0 Å². The van der Waals surface area contributed by atoms with Crippen molar-refractivity contribution in [3.63, 3.8) is 0 Å². The van der Waals surface area contributed by atoms with Crippen molar-refractivity contribution >= 4 is 0 Å². The van der Waals surface area contributed by atoms with E-state index < -0.39 is 0 Å². The van der Waals surface area contributed by atoms with E-state index in [1.165, 1.54) is 0 Å². The van der Waals surface area contributed by atoms with E-state index in [9.17, 15) is 0 Å². The number of nitrogens with zero attached hydrogens (tertiary/aromatic N) is 5. The van der Waals surface area contributed by atoms with Crippen molar-refractivity contribution in [3.8, 4) is 0 Å². The second-order valence-electron chi connectivity index (χ2n) is 4.33. The summed E-state index contributed by atoms with van der Waals surface area (Å²) in [6.07, 6.45) is 0. The minimum atomic E-state index is 0. The molecule has 0 radical (unpaired) electrons. The molecule has 0 heterocycles. The van der Waals surface area contributed by atoms with Crippen molar-refractivity contribution in [3.05, 3.63) is 21.3 Å². The molecule has 0 aromatic heterocycles. The fourth-order valence-electron chi connectivity index (χ4n) is 1.14. The predicted octanol–water partition coefficient (Wildman–Crippen LogP) is 2.94. The Bertz CT molecular complexity index is 124. The second-order valence-corrected chi connectivity index (χ2v) is 4.33. The normalized spacial score (nSPS) is 12.3. The van der Waals surface area contributed by atoms with Gasteiger partial charge in [-0.15, -0.1) is 12.1 Å². The zero-order valence-corrected chi connectivity index (χ0v) is 17.9. The maximum absolute atomic E-state index is 4.19. The summed E-state index contributed by atoms with van der Waals surface area (Å²) in [5, 5.41) is 15.4. The zero-order chi connectivity index (χ0) is 15.0. The first kappa shape index (κ1) is 27.9. The zero-order valence-electron chi connectivity index (χ0n) is 14.3. The van der Waals surface area contributed by atoms with Crippen molar-refractivity contribution in [2.75, 3.05) is 62.4 Å². The molecule has 0 aromatic carbocycles. The van der Waals surface area contributed by atoms with Gasteiger partial charge >= 0.3 is 25.8 Å². The van der Waals surface area contributed by atoms with E-state index in [-0.39, 0.29) is 25.8 Å². The van der Waals surface area contributed by atoms with Gasteiger partial charge in [-0.2, -0.15) is 42.3 Å². The number of hydrogen-bond acceptors (Lipinski definition) is 1. The van der Waals surface area contributed by atoms with E-state index in [0.29, 0.717) is 12.1 Å². The third-order valence-electron chi connectivity index (χ3n) is 2.03. The van der Waals surface area contributed by atoms with E-state index in [1.807, 2.05) is 14.1 Å². The van der Waals surface area contributed by atoms with Crippen LogP contribution in [0.15, 0.2) is 0 Å². The van der Waals surface area contributed by atoms with Gasteiger partial charge in [0.1, 0.15) is 0 Å². The van der Waals surface area contributed by atoms with Crippen LogP contribution in [0.25, 0.3) is 21.3 Å². The smallest absolute Gasteiger partial charge is 0.668 e. The maximum atomic E-state index is 4.19. The van der Waals surface area contributed by atoms with E-state index in [1.54, 1.807) is 28.2 Å². The molecule has 0 N–H and O–H groups in total. The van der Waals surface area contributed by atoms with Crippen molar-refractivity contribution < 1.29 is 25.8 Å². The molecule has 0 spiro atoms. The first-order chi connectivity index (χ1) is 8.42. The molecule has 0 amide bonds. The van der Waals surface area contributed by atoms with Crippen molar-refractivity contribution in [1.82, 2.24) is 4.90 Å². The first-order valence-electron chi connectivity index (χ1n) is 6.25. The maximum Gasteiger partial charge on any atom is 4.00 e. The largest absolute Gasteiger partial charge is 4.00 e. The third-order valence-corrected chi connectivity index (χ3v) is 2.03. The van der Waals surface area contributed by atoms with E-state index in [4.69, 9.17) is 0 Å². The summed E-state index contributed by atoms with van der Waals surface area (Å²) < 4.78 is 0. The Kier molecular flexibility index (Phi) is 34.9. The molecule has 0 aliphatic carbocycles. The van der Waals surface area contributed by atoms with Crippen LogP contribution in [0.4, 0.5) is 0 Å². The molecule has 19 heavy (non-hydrogen) atoms. The van der Waals surface area contributed by atoms with Gasteiger partial charge in [-0.05, 0) is 20.1 Å². The van der Waals surface area contributed by atoms with Crippen LogP contribution in [0.2, 0.25) is 0 Å². The Balaban J connectivity index is -0.000000137. The summed E-state index contributed by atoms with van der Waals surface area (Å²) in [5.41, 5.74) is 0. The molecule has 6 heteroatoms. The predicted molar refractivity (Wildman–Crippen MR) is 85.4 cm³/mol. The van der Waals surface area contributed by atoms with Gasteiger partial charge in [-0.25, -0.2) is 0 Å². The third kappa shape index (κ3) is 32.3. The fraction of sp³-hybridized carbons (Fsp3) is 1.00. The molecule has 0 fully saturated rings. The van der Waals surface area contributed by atoms with Crippen molar-refractivity contribution in [1.29, 1.82) is 0 Å². The molecule has 2 atom stereocenters. The number of rotatable bonds is 6. The first-order valence-corrected chi connectivity index (χ1v) is 6.25. The van der Waals surface area contributed by atoms with Crippen LogP contribution in [-0.4, -0.2) is 79.4 Å². The monoisotopic (exact) mass is 439 g/mol.